The fourth-order valence-corrected chi connectivity index (χ4v) is 1.56. The molecule has 1 heterocycles. The highest BCUT2D eigenvalue weighted by atomic mass is 79.9. The number of hydrogen-bond donors (Lipinski definition) is 0. The van der Waals surface area contributed by atoms with Crippen LogP contribution in [0.5, 0.6) is 0 Å². The molecule has 1 rings (SSSR count). The second-order valence-electron chi connectivity index (χ2n) is 2.90. The van der Waals surface area contributed by atoms with Crippen LogP contribution in [0.4, 0.5) is 0 Å². The van der Waals surface area contributed by atoms with E-state index in [1.54, 1.807) is 0 Å². The Bertz CT molecular complexity index is 184. The first-order valence-electron chi connectivity index (χ1n) is 4.45. The number of imidazole rings is 1. The lowest BCUT2D eigenvalue weighted by atomic mass is 10.2. The quantitative estimate of drug-likeness (QED) is 0.543. The molecule has 0 aliphatic carbocycles. The van der Waals surface area contributed by atoms with Crippen molar-refractivity contribution in [2.75, 3.05) is 5.33 Å². The molecule has 0 aliphatic heterocycles. The first-order chi connectivity index (χ1) is 5.93. The smallest absolute Gasteiger partial charge is 0.0945 e. The SMILES string of the molecule is BrCCCCCCn1ccnc1. The van der Waals surface area contributed by atoms with E-state index in [0.717, 1.165) is 11.9 Å². The fourth-order valence-electron chi connectivity index (χ4n) is 1.16. The molecule has 0 spiro atoms. The third-order valence-corrected chi connectivity index (χ3v) is 2.42. The van der Waals surface area contributed by atoms with Gasteiger partial charge in [-0.2, -0.15) is 0 Å². The standard InChI is InChI=1S/C9H15BrN2/c10-5-3-1-2-4-7-12-8-6-11-9-12/h6,8-9H,1-5,7H2. The number of nitrogens with zero attached hydrogens (tertiary/aromatic N) is 2. The van der Waals surface area contributed by atoms with Crippen LogP contribution in [0.1, 0.15) is 25.7 Å². The molecule has 0 saturated heterocycles. The Morgan fingerprint density at radius 1 is 1.17 bits per heavy atom. The highest BCUT2D eigenvalue weighted by Crippen LogP contribution is 2.03. The van der Waals surface area contributed by atoms with E-state index in [4.69, 9.17) is 0 Å². The van der Waals surface area contributed by atoms with Crippen molar-refractivity contribution in [1.82, 2.24) is 9.55 Å². The van der Waals surface area contributed by atoms with E-state index in [2.05, 4.69) is 25.5 Å². The summed E-state index contributed by atoms with van der Waals surface area (Å²) in [6.07, 6.45) is 10.9. The predicted molar refractivity (Wildman–Crippen MR) is 54.5 cm³/mol. The fraction of sp³-hybridized carbons (Fsp3) is 0.667. The largest absolute Gasteiger partial charge is 0.337 e. The molecule has 3 heteroatoms. The monoisotopic (exact) mass is 230 g/mol. The molecule has 2 nitrogen and oxygen atoms in total. The number of rotatable bonds is 6. The first-order valence-corrected chi connectivity index (χ1v) is 5.57. The Morgan fingerprint density at radius 3 is 2.67 bits per heavy atom. The average Bonchev–Trinajstić information content (AvgIpc) is 2.57. The van der Waals surface area contributed by atoms with Crippen LogP contribution in [-0.2, 0) is 6.54 Å². The Hall–Kier alpha value is -0.310. The molecule has 0 N–H and O–H groups in total. The van der Waals surface area contributed by atoms with Gasteiger partial charge in [0.25, 0.3) is 0 Å². The number of unbranched alkanes of at least 4 members (excludes halogenated alkanes) is 3. The van der Waals surface area contributed by atoms with Crippen molar-refractivity contribution in [3.8, 4) is 0 Å². The topological polar surface area (TPSA) is 17.8 Å². The van der Waals surface area contributed by atoms with Crippen LogP contribution in [0, 0.1) is 0 Å². The van der Waals surface area contributed by atoms with Crippen LogP contribution in [0.3, 0.4) is 0 Å². The third kappa shape index (κ3) is 3.90. The third-order valence-electron chi connectivity index (χ3n) is 1.86. The summed E-state index contributed by atoms with van der Waals surface area (Å²) < 4.78 is 2.13. The van der Waals surface area contributed by atoms with Gasteiger partial charge in [-0.15, -0.1) is 0 Å². The van der Waals surface area contributed by atoms with E-state index in [0.29, 0.717) is 0 Å². The van der Waals surface area contributed by atoms with Crippen molar-refractivity contribution in [3.63, 3.8) is 0 Å². The predicted octanol–water partition coefficient (Wildman–Crippen LogP) is 2.84. The Morgan fingerprint density at radius 2 is 2.00 bits per heavy atom. The van der Waals surface area contributed by atoms with E-state index < -0.39 is 0 Å². The Balaban J connectivity index is 1.96. The van der Waals surface area contributed by atoms with E-state index in [1.807, 2.05) is 18.7 Å². The van der Waals surface area contributed by atoms with Gasteiger partial charge in [0.05, 0.1) is 6.33 Å². The van der Waals surface area contributed by atoms with Crippen LogP contribution >= 0.6 is 15.9 Å². The minimum Gasteiger partial charge on any atom is -0.337 e. The second-order valence-corrected chi connectivity index (χ2v) is 3.70. The summed E-state index contributed by atoms with van der Waals surface area (Å²) in [6, 6.07) is 0. The van der Waals surface area contributed by atoms with Crippen molar-refractivity contribution < 1.29 is 0 Å². The number of aromatic nitrogens is 2. The normalized spacial score (nSPS) is 10.4. The minimum absolute atomic E-state index is 1.11. The van der Waals surface area contributed by atoms with Gasteiger partial charge >= 0.3 is 0 Å². The lowest BCUT2D eigenvalue weighted by Gasteiger charge is -2.00. The summed E-state index contributed by atoms with van der Waals surface area (Å²) in [5, 5.41) is 1.14. The molecule has 0 atom stereocenters. The van der Waals surface area contributed by atoms with Gasteiger partial charge in [-0.05, 0) is 12.8 Å². The summed E-state index contributed by atoms with van der Waals surface area (Å²) in [5.41, 5.74) is 0. The molecule has 0 radical (unpaired) electrons. The molecule has 12 heavy (non-hydrogen) atoms. The number of hydrogen-bond acceptors (Lipinski definition) is 1. The molecule has 0 aliphatic rings. The Labute approximate surface area is 82.1 Å². The lowest BCUT2D eigenvalue weighted by Crippen LogP contribution is -1.93. The zero-order chi connectivity index (χ0) is 8.65. The van der Waals surface area contributed by atoms with E-state index in [9.17, 15) is 0 Å². The van der Waals surface area contributed by atoms with Crippen molar-refractivity contribution in [2.24, 2.45) is 0 Å². The van der Waals surface area contributed by atoms with E-state index in [-0.39, 0.29) is 0 Å². The maximum absolute atomic E-state index is 3.99. The lowest BCUT2D eigenvalue weighted by molar-refractivity contribution is 0.584. The second kappa shape index (κ2) is 6.23. The molecule has 1 aromatic heterocycles. The maximum Gasteiger partial charge on any atom is 0.0945 e. The number of halogens is 1. The summed E-state index contributed by atoms with van der Waals surface area (Å²) in [6.45, 7) is 1.11. The molecule has 1 aromatic rings. The van der Waals surface area contributed by atoms with Gasteiger partial charge in [0.2, 0.25) is 0 Å². The van der Waals surface area contributed by atoms with Gasteiger partial charge in [0.1, 0.15) is 0 Å². The molecule has 0 fully saturated rings. The first kappa shape index (κ1) is 9.78. The van der Waals surface area contributed by atoms with E-state index in [1.165, 1.54) is 25.7 Å². The molecule has 0 bridgehead atoms. The van der Waals surface area contributed by atoms with Gasteiger partial charge in [0.15, 0.2) is 0 Å². The molecular weight excluding hydrogens is 216 g/mol. The molecule has 0 unspecified atom stereocenters. The van der Waals surface area contributed by atoms with Gasteiger partial charge in [-0.25, -0.2) is 4.98 Å². The molecule has 0 amide bonds. The Kier molecular flexibility index (Phi) is 5.08. The van der Waals surface area contributed by atoms with Gasteiger partial charge < -0.3 is 4.57 Å². The van der Waals surface area contributed by atoms with Crippen molar-refractivity contribution in [1.29, 1.82) is 0 Å². The average molecular weight is 231 g/mol. The van der Waals surface area contributed by atoms with Crippen LogP contribution in [-0.4, -0.2) is 14.9 Å². The minimum atomic E-state index is 1.11. The van der Waals surface area contributed by atoms with Gasteiger partial charge in [-0.1, -0.05) is 28.8 Å². The van der Waals surface area contributed by atoms with Crippen LogP contribution in [0.15, 0.2) is 18.7 Å². The summed E-state index contributed by atoms with van der Waals surface area (Å²) in [4.78, 5) is 3.99. The van der Waals surface area contributed by atoms with Crippen LogP contribution in [0.2, 0.25) is 0 Å². The zero-order valence-electron chi connectivity index (χ0n) is 7.25. The van der Waals surface area contributed by atoms with Crippen molar-refractivity contribution >= 4 is 15.9 Å². The van der Waals surface area contributed by atoms with Crippen molar-refractivity contribution in [3.05, 3.63) is 18.7 Å². The maximum atomic E-state index is 3.99. The number of alkyl halides is 1. The van der Waals surface area contributed by atoms with Crippen LogP contribution < -0.4 is 0 Å². The summed E-state index contributed by atoms with van der Waals surface area (Å²) in [7, 11) is 0. The highest BCUT2D eigenvalue weighted by Gasteiger charge is 1.90. The summed E-state index contributed by atoms with van der Waals surface area (Å²) >= 11 is 3.42. The number of aryl methyl sites for hydroxylation is 1. The zero-order valence-corrected chi connectivity index (χ0v) is 8.83. The van der Waals surface area contributed by atoms with Gasteiger partial charge in [-0.3, -0.25) is 0 Å². The molecule has 68 valence electrons. The summed E-state index contributed by atoms with van der Waals surface area (Å²) in [5.74, 6) is 0. The highest BCUT2D eigenvalue weighted by molar-refractivity contribution is 9.09. The van der Waals surface area contributed by atoms with Crippen molar-refractivity contribution in [2.45, 2.75) is 32.2 Å². The molecule has 0 saturated carbocycles. The molecular formula is C9H15BrN2. The molecule has 0 aromatic carbocycles. The van der Waals surface area contributed by atoms with Crippen LogP contribution in [0.25, 0.3) is 0 Å². The van der Waals surface area contributed by atoms with Gasteiger partial charge in [0, 0.05) is 24.3 Å². The van der Waals surface area contributed by atoms with E-state index >= 15 is 0 Å².